The van der Waals surface area contributed by atoms with Crippen molar-refractivity contribution in [3.05, 3.63) is 92.0 Å². The number of nitrogens with zero attached hydrogens (tertiary/aromatic N) is 4. The number of hydrogen-bond acceptors (Lipinski definition) is 7. The Balaban J connectivity index is 1.46. The van der Waals surface area contributed by atoms with Crippen molar-refractivity contribution < 1.29 is 9.21 Å². The van der Waals surface area contributed by atoms with Crippen molar-refractivity contribution in [2.45, 2.75) is 32.7 Å². The predicted molar refractivity (Wildman–Crippen MR) is 154 cm³/mol. The number of anilines is 1. The highest BCUT2D eigenvalue weighted by Crippen LogP contribution is 2.37. The van der Waals surface area contributed by atoms with E-state index in [2.05, 4.69) is 35.2 Å². The van der Waals surface area contributed by atoms with Crippen molar-refractivity contribution in [2.75, 3.05) is 18.0 Å². The number of pyridine rings is 1. The molecular weight excluding hydrogens is 516 g/mol. The summed E-state index contributed by atoms with van der Waals surface area (Å²) >= 11 is 6.73. The van der Waals surface area contributed by atoms with Crippen molar-refractivity contribution in [3.8, 4) is 6.07 Å². The smallest absolute Gasteiger partial charge is 0.270 e. The molecule has 4 heterocycles. The van der Waals surface area contributed by atoms with Gasteiger partial charge >= 0.3 is 0 Å². The Morgan fingerprint density at radius 2 is 1.89 bits per heavy atom. The van der Waals surface area contributed by atoms with Crippen LogP contribution in [0, 0.1) is 24.2 Å². The Hall–Kier alpha value is -3.61. The third kappa shape index (κ3) is 5.06. The van der Waals surface area contributed by atoms with Gasteiger partial charge in [-0.1, -0.05) is 54.3 Å². The van der Waals surface area contributed by atoms with E-state index in [1.165, 1.54) is 22.2 Å². The molecule has 194 valence electrons. The van der Waals surface area contributed by atoms with Gasteiger partial charge in [0.25, 0.3) is 11.5 Å². The summed E-state index contributed by atoms with van der Waals surface area (Å²) in [5.74, 6) is 1.73. The molecule has 2 fully saturated rings. The van der Waals surface area contributed by atoms with E-state index in [9.17, 15) is 14.9 Å². The molecule has 5 rings (SSSR count). The fraction of sp³-hybridized carbons (Fsp3) is 0.310. The molecule has 2 aliphatic rings. The zero-order chi connectivity index (χ0) is 26.8. The van der Waals surface area contributed by atoms with Crippen LogP contribution in [0.2, 0.25) is 0 Å². The molecule has 0 spiro atoms. The summed E-state index contributed by atoms with van der Waals surface area (Å²) in [5, 5.41) is 9.76. The molecule has 0 radical (unpaired) electrons. The fourth-order valence-corrected chi connectivity index (χ4v) is 6.45. The Kier molecular flexibility index (Phi) is 7.54. The molecule has 2 aromatic heterocycles. The van der Waals surface area contributed by atoms with E-state index >= 15 is 0 Å². The fourth-order valence-electron chi connectivity index (χ4n) is 5.22. The van der Waals surface area contributed by atoms with Gasteiger partial charge in [0.1, 0.15) is 27.5 Å². The first-order valence-electron chi connectivity index (χ1n) is 12.6. The molecule has 0 saturated carbocycles. The number of piperidine rings is 1. The molecule has 3 aromatic rings. The number of carbonyl (C=O) groups excluding carboxylic acids is 1. The number of carbonyl (C=O) groups is 1. The molecule has 7 nitrogen and oxygen atoms in total. The number of aromatic nitrogens is 1. The zero-order valence-corrected chi connectivity index (χ0v) is 23.0. The summed E-state index contributed by atoms with van der Waals surface area (Å²) in [5.41, 5.74) is 2.39. The maximum atomic E-state index is 13.3. The van der Waals surface area contributed by atoms with Gasteiger partial charge < -0.3 is 9.32 Å². The Bertz CT molecular complexity index is 1500. The summed E-state index contributed by atoms with van der Waals surface area (Å²) in [6.07, 6.45) is 6.38. The second-order valence-electron chi connectivity index (χ2n) is 9.68. The van der Waals surface area contributed by atoms with E-state index in [-0.39, 0.29) is 23.6 Å². The molecule has 0 atom stereocenters. The van der Waals surface area contributed by atoms with Crippen LogP contribution in [0.1, 0.15) is 40.9 Å². The minimum absolute atomic E-state index is 0.0903. The minimum atomic E-state index is -0.325. The summed E-state index contributed by atoms with van der Waals surface area (Å²) in [6.45, 7) is 3.61. The number of benzene rings is 1. The average Bonchev–Trinajstić information content (AvgIpc) is 3.53. The first-order valence-corrected chi connectivity index (χ1v) is 13.8. The van der Waals surface area contributed by atoms with Crippen LogP contribution in [0.5, 0.6) is 0 Å². The molecule has 1 amide bonds. The Morgan fingerprint density at radius 1 is 1.16 bits per heavy atom. The van der Waals surface area contributed by atoms with Crippen LogP contribution < -0.4 is 10.5 Å². The second kappa shape index (κ2) is 11.0. The number of hydrogen-bond donors (Lipinski definition) is 0. The van der Waals surface area contributed by atoms with Crippen molar-refractivity contribution in [1.29, 1.82) is 5.26 Å². The van der Waals surface area contributed by atoms with Crippen LogP contribution >= 0.6 is 24.0 Å². The van der Waals surface area contributed by atoms with Gasteiger partial charge in [-0.05, 0) is 61.4 Å². The maximum absolute atomic E-state index is 13.3. The summed E-state index contributed by atoms with van der Waals surface area (Å²) in [6, 6.07) is 16.2. The van der Waals surface area contributed by atoms with Crippen molar-refractivity contribution >= 4 is 46.1 Å². The maximum Gasteiger partial charge on any atom is 0.270 e. The molecule has 1 aromatic carbocycles. The average molecular weight is 545 g/mol. The molecule has 9 heteroatoms. The van der Waals surface area contributed by atoms with Gasteiger partial charge in [-0.3, -0.25) is 19.1 Å². The van der Waals surface area contributed by atoms with Crippen LogP contribution in [0.3, 0.4) is 0 Å². The van der Waals surface area contributed by atoms with Crippen LogP contribution in [0.25, 0.3) is 6.08 Å². The van der Waals surface area contributed by atoms with Gasteiger partial charge in [0, 0.05) is 25.7 Å². The Morgan fingerprint density at radius 3 is 2.55 bits per heavy atom. The zero-order valence-electron chi connectivity index (χ0n) is 21.3. The largest absolute Gasteiger partial charge is 0.467 e. The molecule has 38 heavy (non-hydrogen) atoms. The Labute approximate surface area is 231 Å². The number of furan rings is 1. The topological polar surface area (TPSA) is 82.5 Å². The van der Waals surface area contributed by atoms with Crippen LogP contribution in [0.15, 0.2) is 62.8 Å². The lowest BCUT2D eigenvalue weighted by Gasteiger charge is -2.36. The first kappa shape index (κ1) is 26.0. The molecule has 0 unspecified atom stereocenters. The van der Waals surface area contributed by atoms with Crippen molar-refractivity contribution in [3.63, 3.8) is 0 Å². The van der Waals surface area contributed by atoms with Crippen LogP contribution in [-0.2, 0) is 24.8 Å². The van der Waals surface area contributed by atoms with Crippen molar-refractivity contribution in [1.82, 2.24) is 9.47 Å². The van der Waals surface area contributed by atoms with Gasteiger partial charge in [0.15, 0.2) is 0 Å². The molecular formula is C29H28N4O3S2. The quantitative estimate of drug-likeness (QED) is 0.318. The number of thiocarbonyl (C=S) groups is 1. The molecule has 0 aliphatic carbocycles. The molecule has 2 saturated heterocycles. The molecule has 0 bridgehead atoms. The lowest BCUT2D eigenvalue weighted by molar-refractivity contribution is -0.122. The third-order valence-corrected chi connectivity index (χ3v) is 8.67. The van der Waals surface area contributed by atoms with Crippen molar-refractivity contribution in [2.24, 2.45) is 13.0 Å². The van der Waals surface area contributed by atoms with Gasteiger partial charge in [0.05, 0.1) is 17.7 Å². The van der Waals surface area contributed by atoms with Crippen LogP contribution in [0.4, 0.5) is 5.82 Å². The second-order valence-corrected chi connectivity index (χ2v) is 11.4. The first-order chi connectivity index (χ1) is 18.4. The highest BCUT2D eigenvalue weighted by molar-refractivity contribution is 8.26. The summed E-state index contributed by atoms with van der Waals surface area (Å²) in [7, 11) is 1.70. The number of amides is 1. The van der Waals surface area contributed by atoms with E-state index in [0.717, 1.165) is 38.2 Å². The van der Waals surface area contributed by atoms with E-state index < -0.39 is 0 Å². The number of rotatable bonds is 6. The van der Waals surface area contributed by atoms with E-state index in [0.29, 0.717) is 32.0 Å². The molecule has 2 aliphatic heterocycles. The molecule has 0 N–H and O–H groups in total. The lowest BCUT2D eigenvalue weighted by Crippen LogP contribution is -2.39. The highest BCUT2D eigenvalue weighted by atomic mass is 32.2. The minimum Gasteiger partial charge on any atom is -0.467 e. The monoisotopic (exact) mass is 544 g/mol. The lowest BCUT2D eigenvalue weighted by atomic mass is 9.90. The number of thioether (sulfide) groups is 1. The SMILES string of the molecule is Cc1c(/C=C2\SC(=S)N(Cc3ccco3)C2=O)c(N2CCC(Cc3ccccc3)CC2)n(C)c(=O)c1C#N. The van der Waals surface area contributed by atoms with E-state index in [1.807, 2.05) is 6.07 Å². The highest BCUT2D eigenvalue weighted by Gasteiger charge is 2.34. The van der Waals surface area contributed by atoms with E-state index in [4.69, 9.17) is 16.6 Å². The predicted octanol–water partition coefficient (Wildman–Crippen LogP) is 5.02. The third-order valence-electron chi connectivity index (χ3n) is 7.29. The number of nitriles is 1. The normalized spacial score (nSPS) is 17.4. The van der Waals surface area contributed by atoms with Gasteiger partial charge in [0.2, 0.25) is 0 Å². The van der Waals surface area contributed by atoms with Gasteiger partial charge in [-0.2, -0.15) is 5.26 Å². The van der Waals surface area contributed by atoms with Crippen LogP contribution in [-0.4, -0.2) is 32.8 Å². The standard InChI is InChI=1S/C29H28N4O3S2/c1-19-23(16-25-28(35)33(29(37)38-25)18-22-9-6-14-36-22)26(31(2)27(34)24(19)17-30)32-12-10-21(11-13-32)15-20-7-4-3-5-8-20/h3-9,14,16,21H,10-13,15,18H2,1-2H3/b25-16-. The van der Waals surface area contributed by atoms with E-state index in [1.54, 1.807) is 43.0 Å². The summed E-state index contributed by atoms with van der Waals surface area (Å²) < 4.78 is 7.41. The van der Waals surface area contributed by atoms with Gasteiger partial charge in [-0.15, -0.1) is 0 Å². The van der Waals surface area contributed by atoms with Gasteiger partial charge in [-0.25, -0.2) is 0 Å². The summed E-state index contributed by atoms with van der Waals surface area (Å²) in [4.78, 5) is 30.6.